The van der Waals surface area contributed by atoms with Crippen molar-refractivity contribution in [1.82, 2.24) is 10.2 Å². The average molecular weight is 389 g/mol. The van der Waals surface area contributed by atoms with E-state index in [0.29, 0.717) is 18.7 Å². The van der Waals surface area contributed by atoms with E-state index in [-0.39, 0.29) is 23.7 Å². The molecule has 0 aliphatic carbocycles. The second-order valence-corrected chi connectivity index (χ2v) is 8.91. The van der Waals surface area contributed by atoms with Crippen molar-refractivity contribution in [2.75, 3.05) is 18.8 Å². The van der Waals surface area contributed by atoms with Gasteiger partial charge in [-0.25, -0.2) is 8.42 Å². The summed E-state index contributed by atoms with van der Waals surface area (Å²) in [6.07, 6.45) is 0. The molecular formula is C15H21BrN2O3S. The summed E-state index contributed by atoms with van der Waals surface area (Å²) in [6, 6.07) is 7.46. The monoisotopic (exact) mass is 388 g/mol. The van der Waals surface area contributed by atoms with E-state index in [4.69, 9.17) is 0 Å². The van der Waals surface area contributed by atoms with Gasteiger partial charge in [0, 0.05) is 29.6 Å². The van der Waals surface area contributed by atoms with Gasteiger partial charge in [-0.2, -0.15) is 0 Å². The summed E-state index contributed by atoms with van der Waals surface area (Å²) in [5.74, 6) is -0.844. The number of rotatable bonds is 4. The number of nitrogens with one attached hydrogen (secondary N) is 1. The topological polar surface area (TPSA) is 66.5 Å². The Bertz CT molecular complexity index is 621. The molecule has 7 heteroatoms. The molecule has 1 heterocycles. The lowest BCUT2D eigenvalue weighted by atomic mass is 10.1. The number of hydrogen-bond acceptors (Lipinski definition) is 4. The molecule has 1 N–H and O–H groups in total. The highest BCUT2D eigenvalue weighted by molar-refractivity contribution is 9.10. The summed E-state index contributed by atoms with van der Waals surface area (Å²) in [4.78, 5) is 13.9. The van der Waals surface area contributed by atoms with Gasteiger partial charge in [0.15, 0.2) is 9.84 Å². The first-order chi connectivity index (χ1) is 10.2. The zero-order chi connectivity index (χ0) is 16.3. The van der Waals surface area contributed by atoms with Crippen molar-refractivity contribution in [3.63, 3.8) is 0 Å². The maximum absolute atomic E-state index is 12.3. The first-order valence-electron chi connectivity index (χ1n) is 7.24. The molecule has 1 aromatic carbocycles. The summed E-state index contributed by atoms with van der Waals surface area (Å²) >= 11 is 3.31. The Kier molecular flexibility index (Phi) is 5.63. The van der Waals surface area contributed by atoms with Crippen molar-refractivity contribution in [3.8, 4) is 0 Å². The second kappa shape index (κ2) is 7.10. The third-order valence-corrected chi connectivity index (χ3v) is 5.54. The minimum Gasteiger partial charge on any atom is -0.339 e. The third-order valence-electron chi connectivity index (χ3n) is 3.55. The van der Waals surface area contributed by atoms with Gasteiger partial charge in [-0.15, -0.1) is 0 Å². The quantitative estimate of drug-likeness (QED) is 0.849. The Balaban J connectivity index is 1.98. The van der Waals surface area contributed by atoms with Gasteiger partial charge in [-0.3, -0.25) is 4.79 Å². The molecule has 2 rings (SSSR count). The minimum atomic E-state index is -3.46. The lowest BCUT2D eigenvalue weighted by molar-refractivity contribution is -0.130. The van der Waals surface area contributed by atoms with E-state index >= 15 is 0 Å². The van der Waals surface area contributed by atoms with E-state index < -0.39 is 15.6 Å². The molecule has 0 unspecified atom stereocenters. The van der Waals surface area contributed by atoms with Crippen LogP contribution >= 0.6 is 15.9 Å². The van der Waals surface area contributed by atoms with Crippen LogP contribution in [0.4, 0.5) is 0 Å². The van der Waals surface area contributed by atoms with Crippen molar-refractivity contribution in [2.45, 2.75) is 31.7 Å². The van der Waals surface area contributed by atoms with Crippen LogP contribution in [0.2, 0.25) is 0 Å². The van der Waals surface area contributed by atoms with Crippen LogP contribution in [0.5, 0.6) is 0 Å². The number of sulfone groups is 1. The van der Waals surface area contributed by atoms with Crippen LogP contribution in [0.3, 0.4) is 0 Å². The number of carbonyl (C=O) groups is 1. The van der Waals surface area contributed by atoms with Gasteiger partial charge in [0.05, 0.1) is 5.75 Å². The normalized spacial score (nSPS) is 22.6. The number of hydrogen-bond donors (Lipinski definition) is 1. The molecule has 0 bridgehead atoms. The summed E-state index contributed by atoms with van der Waals surface area (Å²) in [5, 5.41) is 3.32. The summed E-state index contributed by atoms with van der Waals surface area (Å²) < 4.78 is 25.3. The Morgan fingerprint density at radius 1 is 1.23 bits per heavy atom. The van der Waals surface area contributed by atoms with Crippen LogP contribution in [0.1, 0.15) is 19.4 Å². The van der Waals surface area contributed by atoms with Crippen molar-refractivity contribution < 1.29 is 13.2 Å². The van der Waals surface area contributed by atoms with E-state index in [0.717, 1.165) is 4.47 Å². The van der Waals surface area contributed by atoms with Gasteiger partial charge in [0.25, 0.3) is 0 Å². The fourth-order valence-electron chi connectivity index (χ4n) is 2.70. The number of nitrogens with zero attached hydrogens (tertiary/aromatic N) is 1. The third kappa shape index (κ3) is 5.07. The molecule has 0 radical (unpaired) electrons. The fraction of sp³-hybridized carbons (Fsp3) is 0.533. The molecule has 1 aliphatic rings. The molecule has 0 aromatic heterocycles. The molecule has 22 heavy (non-hydrogen) atoms. The van der Waals surface area contributed by atoms with E-state index in [1.165, 1.54) is 0 Å². The first-order valence-corrected chi connectivity index (χ1v) is 9.85. The predicted molar refractivity (Wildman–Crippen MR) is 90.3 cm³/mol. The van der Waals surface area contributed by atoms with E-state index in [2.05, 4.69) is 21.2 Å². The van der Waals surface area contributed by atoms with Gasteiger partial charge >= 0.3 is 0 Å². The van der Waals surface area contributed by atoms with Crippen molar-refractivity contribution >= 4 is 31.7 Å². The zero-order valence-electron chi connectivity index (χ0n) is 12.8. The average Bonchev–Trinajstić information content (AvgIpc) is 2.39. The molecule has 1 aromatic rings. The molecule has 1 saturated heterocycles. The van der Waals surface area contributed by atoms with Gasteiger partial charge < -0.3 is 10.2 Å². The van der Waals surface area contributed by atoms with Crippen molar-refractivity contribution in [1.29, 1.82) is 0 Å². The van der Waals surface area contributed by atoms with Crippen LogP contribution in [-0.2, 0) is 20.4 Å². The highest BCUT2D eigenvalue weighted by Crippen LogP contribution is 2.14. The van der Waals surface area contributed by atoms with E-state index in [1.807, 2.05) is 13.8 Å². The van der Waals surface area contributed by atoms with Crippen LogP contribution in [0.25, 0.3) is 0 Å². The van der Waals surface area contributed by atoms with Gasteiger partial charge in [0.2, 0.25) is 5.91 Å². The van der Waals surface area contributed by atoms with E-state index in [9.17, 15) is 13.2 Å². The standard InChI is InChI=1S/C15H21BrN2O3S/c1-11-7-18(8-12(2)17-11)15(19)10-22(20,21)9-13-3-5-14(16)6-4-13/h3-6,11-12,17H,7-10H2,1-2H3/t11-,12-/m0/s1. The molecule has 5 nitrogen and oxygen atoms in total. The Morgan fingerprint density at radius 3 is 2.32 bits per heavy atom. The number of piperazine rings is 1. The largest absolute Gasteiger partial charge is 0.339 e. The molecule has 2 atom stereocenters. The smallest absolute Gasteiger partial charge is 0.237 e. The molecule has 0 saturated carbocycles. The van der Waals surface area contributed by atoms with Crippen LogP contribution < -0.4 is 5.32 Å². The highest BCUT2D eigenvalue weighted by atomic mass is 79.9. The maximum atomic E-state index is 12.3. The number of amides is 1. The van der Waals surface area contributed by atoms with Gasteiger partial charge in [-0.05, 0) is 31.5 Å². The van der Waals surface area contributed by atoms with E-state index in [1.54, 1.807) is 29.2 Å². The molecule has 1 amide bonds. The number of carbonyl (C=O) groups excluding carboxylic acids is 1. The Labute approximate surface area is 140 Å². The lowest BCUT2D eigenvalue weighted by Gasteiger charge is -2.36. The highest BCUT2D eigenvalue weighted by Gasteiger charge is 2.27. The zero-order valence-corrected chi connectivity index (χ0v) is 15.2. The lowest BCUT2D eigenvalue weighted by Crippen LogP contribution is -2.56. The van der Waals surface area contributed by atoms with Gasteiger partial charge in [0.1, 0.15) is 5.75 Å². The van der Waals surface area contributed by atoms with Crippen LogP contribution in [0.15, 0.2) is 28.7 Å². The molecular weight excluding hydrogens is 368 g/mol. The van der Waals surface area contributed by atoms with Crippen molar-refractivity contribution in [3.05, 3.63) is 34.3 Å². The second-order valence-electron chi connectivity index (χ2n) is 5.93. The van der Waals surface area contributed by atoms with Crippen LogP contribution in [0, 0.1) is 0 Å². The SMILES string of the molecule is C[C@H]1CN(C(=O)CS(=O)(=O)Cc2ccc(Br)cc2)C[C@H](C)N1. The van der Waals surface area contributed by atoms with Crippen LogP contribution in [-0.4, -0.2) is 50.2 Å². The number of benzene rings is 1. The molecule has 0 spiro atoms. The molecule has 122 valence electrons. The summed E-state index contributed by atoms with van der Waals surface area (Å²) in [7, 11) is -3.46. The molecule has 1 fully saturated rings. The van der Waals surface area contributed by atoms with Gasteiger partial charge in [-0.1, -0.05) is 28.1 Å². The summed E-state index contributed by atoms with van der Waals surface area (Å²) in [5.41, 5.74) is 0.693. The predicted octanol–water partition coefficient (Wildman–Crippen LogP) is 1.57. The molecule has 1 aliphatic heterocycles. The Morgan fingerprint density at radius 2 is 1.77 bits per heavy atom. The Hall–Kier alpha value is -0.920. The fourth-order valence-corrected chi connectivity index (χ4v) is 4.32. The number of halogens is 1. The summed E-state index contributed by atoms with van der Waals surface area (Å²) in [6.45, 7) is 5.09. The minimum absolute atomic E-state index is 0.108. The van der Waals surface area contributed by atoms with Crippen molar-refractivity contribution in [2.24, 2.45) is 0 Å². The maximum Gasteiger partial charge on any atom is 0.237 e. The first kappa shape index (κ1) is 17.4.